The first-order valence-electron chi connectivity index (χ1n) is 6.73. The molecule has 0 saturated heterocycles. The summed E-state index contributed by atoms with van der Waals surface area (Å²) in [6, 6.07) is 5.02. The van der Waals surface area contributed by atoms with Gasteiger partial charge in [0.2, 0.25) is 0 Å². The maximum Gasteiger partial charge on any atom is 0.261 e. The minimum atomic E-state index is -0.199. The largest absolute Gasteiger partial charge is 0.497 e. The van der Waals surface area contributed by atoms with Crippen LogP contribution in [0.3, 0.4) is 0 Å². The van der Waals surface area contributed by atoms with Crippen LogP contribution >= 0.6 is 0 Å². The monoisotopic (exact) mass is 261 g/mol. The molecule has 4 heteroatoms. The van der Waals surface area contributed by atoms with Gasteiger partial charge in [-0.25, -0.2) is 0 Å². The van der Waals surface area contributed by atoms with Crippen LogP contribution in [0.2, 0.25) is 0 Å². The van der Waals surface area contributed by atoms with Crippen molar-refractivity contribution in [2.75, 3.05) is 13.7 Å². The van der Waals surface area contributed by atoms with Gasteiger partial charge >= 0.3 is 0 Å². The van der Waals surface area contributed by atoms with Gasteiger partial charge in [0, 0.05) is 6.54 Å². The Morgan fingerprint density at radius 1 is 1.05 bits per heavy atom. The molecular weight excluding hydrogens is 242 g/mol. The number of methoxy groups -OCH3 is 1. The Balaban J connectivity index is 2.10. The molecule has 0 aromatic heterocycles. The predicted octanol–water partition coefficient (Wildman–Crippen LogP) is 2.87. The van der Waals surface area contributed by atoms with Gasteiger partial charge in [-0.2, -0.15) is 0 Å². The summed E-state index contributed by atoms with van der Waals surface area (Å²) >= 11 is 0. The van der Waals surface area contributed by atoms with Crippen molar-refractivity contribution >= 4 is 11.8 Å². The number of unbranched alkanes of at least 4 members (excludes halogenated alkanes) is 3. The van der Waals surface area contributed by atoms with Crippen molar-refractivity contribution in [3.63, 3.8) is 0 Å². The Morgan fingerprint density at radius 3 is 2.47 bits per heavy atom. The van der Waals surface area contributed by atoms with Gasteiger partial charge < -0.3 is 4.74 Å². The molecule has 19 heavy (non-hydrogen) atoms. The highest BCUT2D eigenvalue weighted by molar-refractivity contribution is 6.21. The fourth-order valence-electron chi connectivity index (χ4n) is 2.30. The van der Waals surface area contributed by atoms with E-state index < -0.39 is 0 Å². The second-order valence-electron chi connectivity index (χ2n) is 4.73. The standard InChI is InChI=1S/C15H19NO3/c1-3-4-5-6-9-16-14(17)12-8-7-11(19-2)10-13(12)15(16)18/h7-8,10H,3-6,9H2,1-2H3. The average Bonchev–Trinajstić information content (AvgIpc) is 2.67. The van der Waals surface area contributed by atoms with Crippen molar-refractivity contribution in [1.82, 2.24) is 4.90 Å². The number of hydrogen-bond acceptors (Lipinski definition) is 3. The van der Waals surface area contributed by atoms with Crippen LogP contribution in [0.4, 0.5) is 0 Å². The van der Waals surface area contributed by atoms with E-state index >= 15 is 0 Å². The predicted molar refractivity (Wildman–Crippen MR) is 72.5 cm³/mol. The maximum atomic E-state index is 12.2. The van der Waals surface area contributed by atoms with Crippen LogP contribution in [0, 0.1) is 0 Å². The van der Waals surface area contributed by atoms with Gasteiger partial charge in [0.1, 0.15) is 5.75 Å². The second kappa shape index (κ2) is 5.87. The molecule has 4 nitrogen and oxygen atoms in total. The number of benzene rings is 1. The summed E-state index contributed by atoms with van der Waals surface area (Å²) in [5.74, 6) is 0.224. The molecule has 0 unspecified atom stereocenters. The van der Waals surface area contributed by atoms with Crippen molar-refractivity contribution in [2.45, 2.75) is 32.6 Å². The zero-order valence-electron chi connectivity index (χ0n) is 11.4. The topological polar surface area (TPSA) is 46.6 Å². The summed E-state index contributed by atoms with van der Waals surface area (Å²) in [6.45, 7) is 2.64. The third-order valence-corrected chi connectivity index (χ3v) is 3.41. The van der Waals surface area contributed by atoms with Gasteiger partial charge in [0.25, 0.3) is 11.8 Å². The van der Waals surface area contributed by atoms with E-state index in [1.165, 1.54) is 4.90 Å². The molecule has 0 spiro atoms. The number of amides is 2. The average molecular weight is 261 g/mol. The molecule has 0 bridgehead atoms. The van der Waals surface area contributed by atoms with E-state index in [4.69, 9.17) is 4.74 Å². The highest BCUT2D eigenvalue weighted by atomic mass is 16.5. The van der Waals surface area contributed by atoms with Crippen LogP contribution in [-0.2, 0) is 0 Å². The third-order valence-electron chi connectivity index (χ3n) is 3.41. The van der Waals surface area contributed by atoms with Crippen LogP contribution in [0.1, 0.15) is 53.3 Å². The van der Waals surface area contributed by atoms with Crippen molar-refractivity contribution in [2.24, 2.45) is 0 Å². The highest BCUT2D eigenvalue weighted by Crippen LogP contribution is 2.27. The molecule has 0 radical (unpaired) electrons. The Kier molecular flexibility index (Phi) is 4.20. The molecule has 102 valence electrons. The summed E-state index contributed by atoms with van der Waals surface area (Å²) in [4.78, 5) is 25.7. The first-order valence-corrected chi connectivity index (χ1v) is 6.73. The fraction of sp³-hybridized carbons (Fsp3) is 0.467. The van der Waals surface area contributed by atoms with E-state index in [9.17, 15) is 9.59 Å². The van der Waals surface area contributed by atoms with Gasteiger partial charge in [-0.1, -0.05) is 26.2 Å². The molecule has 2 rings (SSSR count). The lowest BCUT2D eigenvalue weighted by molar-refractivity contribution is 0.0651. The zero-order chi connectivity index (χ0) is 13.8. The first-order chi connectivity index (χ1) is 9.19. The summed E-state index contributed by atoms with van der Waals surface area (Å²) in [7, 11) is 1.55. The lowest BCUT2D eigenvalue weighted by Gasteiger charge is -2.13. The van der Waals surface area contributed by atoms with E-state index in [1.807, 2.05) is 0 Å². The van der Waals surface area contributed by atoms with E-state index in [2.05, 4.69) is 6.92 Å². The quantitative estimate of drug-likeness (QED) is 0.584. The Bertz CT molecular complexity index is 496. The normalized spacial score (nSPS) is 13.9. The molecule has 0 fully saturated rings. The first kappa shape index (κ1) is 13.6. The van der Waals surface area contributed by atoms with Gasteiger partial charge in [-0.15, -0.1) is 0 Å². The molecule has 1 aromatic carbocycles. The van der Waals surface area contributed by atoms with Crippen LogP contribution in [0.25, 0.3) is 0 Å². The Morgan fingerprint density at radius 2 is 1.79 bits per heavy atom. The third kappa shape index (κ3) is 2.62. The van der Waals surface area contributed by atoms with Crippen molar-refractivity contribution in [3.05, 3.63) is 29.3 Å². The molecule has 0 aliphatic carbocycles. The lowest BCUT2D eigenvalue weighted by Crippen LogP contribution is -2.30. The number of hydrogen-bond donors (Lipinski definition) is 0. The smallest absolute Gasteiger partial charge is 0.261 e. The molecule has 0 N–H and O–H groups in total. The number of carbonyl (C=O) groups excluding carboxylic acids is 2. The number of rotatable bonds is 6. The van der Waals surface area contributed by atoms with E-state index in [1.54, 1.807) is 25.3 Å². The molecular formula is C15H19NO3. The maximum absolute atomic E-state index is 12.2. The molecule has 1 aliphatic rings. The summed E-state index contributed by atoms with van der Waals surface area (Å²) in [5, 5.41) is 0. The van der Waals surface area contributed by atoms with Crippen molar-refractivity contribution in [1.29, 1.82) is 0 Å². The minimum Gasteiger partial charge on any atom is -0.497 e. The lowest BCUT2D eigenvalue weighted by atomic mass is 10.1. The molecule has 0 saturated carbocycles. The molecule has 0 atom stereocenters. The van der Waals surface area contributed by atoms with Gasteiger partial charge in [0.15, 0.2) is 0 Å². The van der Waals surface area contributed by atoms with Gasteiger partial charge in [0.05, 0.1) is 18.2 Å². The second-order valence-corrected chi connectivity index (χ2v) is 4.73. The molecule has 1 aliphatic heterocycles. The van der Waals surface area contributed by atoms with Gasteiger partial charge in [-0.05, 0) is 24.6 Å². The summed E-state index contributed by atoms with van der Waals surface area (Å²) in [6.07, 6.45) is 4.19. The van der Waals surface area contributed by atoms with Crippen molar-refractivity contribution < 1.29 is 14.3 Å². The Labute approximate surface area is 113 Å². The summed E-state index contributed by atoms with van der Waals surface area (Å²) < 4.78 is 5.09. The van der Waals surface area contributed by atoms with Crippen LogP contribution in [0.15, 0.2) is 18.2 Å². The number of nitrogens with zero attached hydrogens (tertiary/aromatic N) is 1. The number of fused-ring (bicyclic) bond motifs is 1. The number of imide groups is 1. The van der Waals surface area contributed by atoms with E-state index in [0.29, 0.717) is 23.4 Å². The van der Waals surface area contributed by atoms with Crippen LogP contribution < -0.4 is 4.74 Å². The van der Waals surface area contributed by atoms with E-state index in [0.717, 1.165) is 25.7 Å². The molecule has 1 aromatic rings. The Hall–Kier alpha value is -1.84. The number of carbonyl (C=O) groups is 2. The highest BCUT2D eigenvalue weighted by Gasteiger charge is 2.35. The molecule has 2 amide bonds. The molecule has 1 heterocycles. The fourth-order valence-corrected chi connectivity index (χ4v) is 2.30. The van der Waals surface area contributed by atoms with E-state index in [-0.39, 0.29) is 11.8 Å². The van der Waals surface area contributed by atoms with Crippen LogP contribution in [-0.4, -0.2) is 30.4 Å². The minimum absolute atomic E-state index is 0.181. The van der Waals surface area contributed by atoms with Crippen LogP contribution in [0.5, 0.6) is 5.75 Å². The summed E-state index contributed by atoms with van der Waals surface area (Å²) in [5.41, 5.74) is 0.945. The van der Waals surface area contributed by atoms with Crippen molar-refractivity contribution in [3.8, 4) is 5.75 Å². The SMILES string of the molecule is CCCCCCN1C(=O)c2ccc(OC)cc2C1=O. The zero-order valence-corrected chi connectivity index (χ0v) is 11.4. The number of ether oxygens (including phenoxy) is 1. The van der Waals surface area contributed by atoms with Gasteiger partial charge in [-0.3, -0.25) is 14.5 Å².